The third-order valence-corrected chi connectivity index (χ3v) is 3.58. The summed E-state index contributed by atoms with van der Waals surface area (Å²) in [6.07, 6.45) is 0. The van der Waals surface area contributed by atoms with E-state index in [4.69, 9.17) is 16.3 Å². The first kappa shape index (κ1) is 15.4. The van der Waals surface area contributed by atoms with Crippen molar-refractivity contribution in [2.45, 2.75) is 13.8 Å². The lowest BCUT2D eigenvalue weighted by atomic mass is 10.1. The summed E-state index contributed by atoms with van der Waals surface area (Å²) >= 11 is 5.97. The van der Waals surface area contributed by atoms with Crippen molar-refractivity contribution in [3.8, 4) is 5.75 Å². The van der Waals surface area contributed by atoms with E-state index < -0.39 is 0 Å². The molecule has 2 aromatic rings. The molecule has 2 aromatic carbocycles. The van der Waals surface area contributed by atoms with Crippen LogP contribution in [0.25, 0.3) is 0 Å². The van der Waals surface area contributed by atoms with Gasteiger partial charge in [-0.1, -0.05) is 29.8 Å². The fourth-order valence-electron chi connectivity index (χ4n) is 1.88. The second-order valence-electron chi connectivity index (χ2n) is 4.83. The number of halogens is 1. The van der Waals surface area contributed by atoms with Gasteiger partial charge >= 0.3 is 0 Å². The zero-order valence-electron chi connectivity index (χ0n) is 12.2. The largest absolute Gasteiger partial charge is 0.492 e. The van der Waals surface area contributed by atoms with E-state index >= 15 is 0 Å². The Morgan fingerprint density at radius 1 is 1.14 bits per heavy atom. The molecule has 4 heteroatoms. The summed E-state index contributed by atoms with van der Waals surface area (Å²) in [5.74, 6) is 0.620. The molecule has 0 saturated heterocycles. The van der Waals surface area contributed by atoms with Gasteiger partial charge in [0, 0.05) is 0 Å². The summed E-state index contributed by atoms with van der Waals surface area (Å²) in [4.78, 5) is 11.9. The first-order chi connectivity index (χ1) is 10.1. The minimum absolute atomic E-state index is 0.190. The van der Waals surface area contributed by atoms with E-state index in [-0.39, 0.29) is 5.91 Å². The second kappa shape index (κ2) is 7.14. The molecular formula is C17H18ClNO2. The van der Waals surface area contributed by atoms with Gasteiger partial charge in [-0.25, -0.2) is 0 Å². The molecule has 0 unspecified atom stereocenters. The molecule has 2 rings (SSSR count). The first-order valence-corrected chi connectivity index (χ1v) is 7.18. The Kier molecular flexibility index (Phi) is 5.23. The maximum atomic E-state index is 11.9. The third-order valence-electron chi connectivity index (χ3n) is 3.25. The van der Waals surface area contributed by atoms with E-state index in [9.17, 15) is 4.79 Å². The molecule has 0 spiro atoms. The zero-order chi connectivity index (χ0) is 15.2. The van der Waals surface area contributed by atoms with Gasteiger partial charge in [-0.2, -0.15) is 0 Å². The molecule has 0 fully saturated rings. The van der Waals surface area contributed by atoms with Gasteiger partial charge in [0.25, 0.3) is 5.91 Å². The van der Waals surface area contributed by atoms with Crippen LogP contribution in [-0.4, -0.2) is 19.1 Å². The van der Waals surface area contributed by atoms with Crippen molar-refractivity contribution < 1.29 is 9.53 Å². The van der Waals surface area contributed by atoms with Gasteiger partial charge in [-0.3, -0.25) is 4.79 Å². The monoisotopic (exact) mass is 303 g/mol. The SMILES string of the molecule is Cc1ccc(OCCNC(=O)c2ccccc2Cl)cc1C. The Bertz CT molecular complexity index is 640. The molecule has 21 heavy (non-hydrogen) atoms. The van der Waals surface area contributed by atoms with Crippen LogP contribution >= 0.6 is 11.6 Å². The van der Waals surface area contributed by atoms with Crippen LogP contribution in [-0.2, 0) is 0 Å². The van der Waals surface area contributed by atoms with Crippen LogP contribution in [0.3, 0.4) is 0 Å². The molecule has 0 aliphatic carbocycles. The number of nitrogens with one attached hydrogen (secondary N) is 1. The number of amides is 1. The highest BCUT2D eigenvalue weighted by atomic mass is 35.5. The summed E-state index contributed by atoms with van der Waals surface area (Å²) < 4.78 is 5.61. The van der Waals surface area contributed by atoms with Crippen molar-refractivity contribution in [2.75, 3.05) is 13.2 Å². The summed E-state index contributed by atoms with van der Waals surface area (Å²) in [5, 5.41) is 3.24. The number of ether oxygens (including phenoxy) is 1. The van der Waals surface area contributed by atoms with Gasteiger partial charge in [0.05, 0.1) is 17.1 Å². The molecule has 110 valence electrons. The topological polar surface area (TPSA) is 38.3 Å². The highest BCUT2D eigenvalue weighted by Crippen LogP contribution is 2.16. The minimum Gasteiger partial charge on any atom is -0.492 e. The maximum Gasteiger partial charge on any atom is 0.252 e. The lowest BCUT2D eigenvalue weighted by Crippen LogP contribution is -2.28. The molecule has 0 bridgehead atoms. The van der Waals surface area contributed by atoms with Crippen molar-refractivity contribution in [1.82, 2.24) is 5.32 Å². The average Bonchev–Trinajstić information content (AvgIpc) is 2.47. The third kappa shape index (κ3) is 4.23. The molecule has 0 radical (unpaired) electrons. The predicted octanol–water partition coefficient (Wildman–Crippen LogP) is 3.77. The van der Waals surface area contributed by atoms with Crippen LogP contribution in [0.5, 0.6) is 5.75 Å². The fourth-order valence-corrected chi connectivity index (χ4v) is 2.10. The second-order valence-corrected chi connectivity index (χ2v) is 5.24. The van der Waals surface area contributed by atoms with E-state index in [2.05, 4.69) is 12.2 Å². The number of hydrogen-bond acceptors (Lipinski definition) is 2. The summed E-state index contributed by atoms with van der Waals surface area (Å²) in [6, 6.07) is 12.9. The molecule has 1 amide bonds. The van der Waals surface area contributed by atoms with E-state index in [1.54, 1.807) is 24.3 Å². The summed E-state index contributed by atoms with van der Waals surface area (Å²) in [5.41, 5.74) is 2.90. The number of rotatable bonds is 5. The molecule has 0 atom stereocenters. The molecule has 0 aromatic heterocycles. The van der Waals surface area contributed by atoms with Crippen molar-refractivity contribution in [1.29, 1.82) is 0 Å². The predicted molar refractivity (Wildman–Crippen MR) is 85.2 cm³/mol. The Morgan fingerprint density at radius 3 is 2.62 bits per heavy atom. The van der Waals surface area contributed by atoms with Crippen LogP contribution in [0.2, 0.25) is 5.02 Å². The smallest absolute Gasteiger partial charge is 0.252 e. The van der Waals surface area contributed by atoms with Crippen LogP contribution in [0, 0.1) is 13.8 Å². The molecular weight excluding hydrogens is 286 g/mol. The van der Waals surface area contributed by atoms with Gasteiger partial charge < -0.3 is 10.1 Å². The van der Waals surface area contributed by atoms with Crippen LogP contribution < -0.4 is 10.1 Å². The Labute approximate surface area is 129 Å². The number of aryl methyl sites for hydroxylation is 2. The quantitative estimate of drug-likeness (QED) is 0.854. The van der Waals surface area contributed by atoms with Crippen molar-refractivity contribution in [3.63, 3.8) is 0 Å². The molecule has 1 N–H and O–H groups in total. The lowest BCUT2D eigenvalue weighted by Gasteiger charge is -2.10. The highest BCUT2D eigenvalue weighted by molar-refractivity contribution is 6.33. The lowest BCUT2D eigenvalue weighted by molar-refractivity contribution is 0.0947. The maximum absolute atomic E-state index is 11.9. The standard InChI is InChI=1S/C17H18ClNO2/c1-12-7-8-14(11-13(12)2)21-10-9-19-17(20)15-5-3-4-6-16(15)18/h3-8,11H,9-10H2,1-2H3,(H,19,20). The number of hydrogen-bond donors (Lipinski definition) is 1. The molecule has 0 heterocycles. The van der Waals surface area contributed by atoms with Crippen molar-refractivity contribution in [2.24, 2.45) is 0 Å². The van der Waals surface area contributed by atoms with Crippen LogP contribution in [0.1, 0.15) is 21.5 Å². The van der Waals surface area contributed by atoms with E-state index in [0.717, 1.165) is 5.75 Å². The van der Waals surface area contributed by atoms with Gasteiger partial charge in [-0.05, 0) is 49.2 Å². The Balaban J connectivity index is 1.81. The first-order valence-electron chi connectivity index (χ1n) is 6.80. The number of benzene rings is 2. The van der Waals surface area contributed by atoms with Crippen molar-refractivity contribution >= 4 is 17.5 Å². The zero-order valence-corrected chi connectivity index (χ0v) is 12.9. The summed E-state index contributed by atoms with van der Waals surface area (Å²) in [7, 11) is 0. The summed E-state index contributed by atoms with van der Waals surface area (Å²) in [6.45, 7) is 4.94. The molecule has 0 saturated carbocycles. The normalized spacial score (nSPS) is 10.2. The van der Waals surface area contributed by atoms with E-state index in [0.29, 0.717) is 23.7 Å². The molecule has 0 aliphatic rings. The average molecular weight is 304 g/mol. The van der Waals surface area contributed by atoms with Crippen LogP contribution in [0.15, 0.2) is 42.5 Å². The van der Waals surface area contributed by atoms with Crippen molar-refractivity contribution in [3.05, 3.63) is 64.2 Å². The Hall–Kier alpha value is -2.00. The van der Waals surface area contributed by atoms with Gasteiger partial charge in [-0.15, -0.1) is 0 Å². The van der Waals surface area contributed by atoms with Crippen LogP contribution in [0.4, 0.5) is 0 Å². The molecule has 0 aliphatic heterocycles. The number of carbonyl (C=O) groups is 1. The van der Waals surface area contributed by atoms with Gasteiger partial charge in [0.15, 0.2) is 0 Å². The minimum atomic E-state index is -0.190. The van der Waals surface area contributed by atoms with Gasteiger partial charge in [0.1, 0.15) is 12.4 Å². The highest BCUT2D eigenvalue weighted by Gasteiger charge is 2.08. The fraction of sp³-hybridized carbons (Fsp3) is 0.235. The molecule has 3 nitrogen and oxygen atoms in total. The number of carbonyl (C=O) groups excluding carboxylic acids is 1. The van der Waals surface area contributed by atoms with E-state index in [1.165, 1.54) is 11.1 Å². The van der Waals surface area contributed by atoms with Gasteiger partial charge in [0.2, 0.25) is 0 Å². The Morgan fingerprint density at radius 2 is 1.90 bits per heavy atom. The van der Waals surface area contributed by atoms with E-state index in [1.807, 2.05) is 25.1 Å².